The Morgan fingerprint density at radius 3 is 2.48 bits per heavy atom. The fraction of sp³-hybridized carbons (Fsp3) is 0.167. The van der Waals surface area contributed by atoms with Crippen LogP contribution in [0.5, 0.6) is 0 Å². The summed E-state index contributed by atoms with van der Waals surface area (Å²) >= 11 is 0. The number of aryl methyl sites for hydroxylation is 2. The third-order valence-corrected chi connectivity index (χ3v) is 3.80. The minimum Gasteiger partial charge on any atom is -0.543 e. The molecule has 25 heavy (non-hydrogen) atoms. The van der Waals surface area contributed by atoms with Gasteiger partial charge in [-0.25, -0.2) is 4.98 Å². The molecule has 7 heteroatoms. The van der Waals surface area contributed by atoms with E-state index >= 15 is 0 Å². The SMILES string of the molecule is Cc1cc(-c2nc(C(=O)[O-])cn2Cc2ccccc2)cn(C)c1=O.[Li+]. The predicted octanol–water partition coefficient (Wildman–Crippen LogP) is -2.03. The molecule has 0 radical (unpaired) electrons. The zero-order chi connectivity index (χ0) is 17.3. The molecule has 1 aromatic carbocycles. The van der Waals surface area contributed by atoms with Crippen LogP contribution in [-0.2, 0) is 13.6 Å². The molecule has 0 amide bonds. The van der Waals surface area contributed by atoms with Crippen molar-refractivity contribution >= 4 is 5.97 Å². The summed E-state index contributed by atoms with van der Waals surface area (Å²) in [5.41, 5.74) is 2.03. The van der Waals surface area contributed by atoms with Gasteiger partial charge in [0.15, 0.2) is 0 Å². The van der Waals surface area contributed by atoms with Gasteiger partial charge in [-0.2, -0.15) is 0 Å². The van der Waals surface area contributed by atoms with E-state index in [2.05, 4.69) is 4.98 Å². The topological polar surface area (TPSA) is 79.9 Å². The molecule has 122 valence electrons. The molecule has 0 saturated carbocycles. The first-order chi connectivity index (χ1) is 11.5. The van der Waals surface area contributed by atoms with Crippen molar-refractivity contribution in [3.63, 3.8) is 0 Å². The van der Waals surface area contributed by atoms with Crippen LogP contribution in [0.3, 0.4) is 0 Å². The predicted molar refractivity (Wildman–Crippen MR) is 87.5 cm³/mol. The Bertz CT molecular complexity index is 935. The van der Waals surface area contributed by atoms with Crippen molar-refractivity contribution in [3.05, 3.63) is 76.0 Å². The van der Waals surface area contributed by atoms with Crippen molar-refractivity contribution < 1.29 is 28.8 Å². The number of benzene rings is 1. The number of carboxylic acid groups (broad SMARTS) is 1. The molecular weight excluding hydrogens is 313 g/mol. The molecule has 0 saturated heterocycles. The van der Waals surface area contributed by atoms with Crippen molar-refractivity contribution in [3.8, 4) is 11.4 Å². The van der Waals surface area contributed by atoms with Gasteiger partial charge in [0.2, 0.25) is 0 Å². The molecule has 2 heterocycles. The molecule has 0 fully saturated rings. The van der Waals surface area contributed by atoms with Gasteiger partial charge < -0.3 is 19.0 Å². The number of hydrogen-bond donors (Lipinski definition) is 0. The summed E-state index contributed by atoms with van der Waals surface area (Å²) in [4.78, 5) is 27.2. The standard InChI is InChI=1S/C18H17N3O3.Li/c1-12-8-14(10-20(2)17(12)22)16-19-15(18(23)24)11-21(16)9-13-6-4-3-5-7-13;/h3-8,10-11H,9H2,1-2H3,(H,23,24);/q;+1/p-1. The molecule has 0 aliphatic rings. The van der Waals surface area contributed by atoms with E-state index in [1.807, 2.05) is 30.3 Å². The second kappa shape index (κ2) is 7.56. The fourth-order valence-electron chi connectivity index (χ4n) is 2.65. The number of carbonyl (C=O) groups excluding carboxylic acids is 1. The number of imidazole rings is 1. The Morgan fingerprint density at radius 2 is 1.88 bits per heavy atom. The maximum atomic E-state index is 11.9. The van der Waals surface area contributed by atoms with Crippen LogP contribution in [0.25, 0.3) is 11.4 Å². The van der Waals surface area contributed by atoms with Gasteiger partial charge in [-0.05, 0) is 18.6 Å². The normalized spacial score (nSPS) is 10.3. The molecule has 2 aromatic heterocycles. The van der Waals surface area contributed by atoms with Crippen LogP contribution in [0.15, 0.2) is 53.6 Å². The largest absolute Gasteiger partial charge is 1.00 e. The number of aromatic nitrogens is 3. The van der Waals surface area contributed by atoms with Gasteiger partial charge in [0.25, 0.3) is 5.56 Å². The van der Waals surface area contributed by atoms with Gasteiger partial charge >= 0.3 is 18.9 Å². The van der Waals surface area contributed by atoms with Crippen LogP contribution >= 0.6 is 0 Å². The maximum Gasteiger partial charge on any atom is 1.00 e. The van der Waals surface area contributed by atoms with Gasteiger partial charge in [-0.15, -0.1) is 0 Å². The van der Waals surface area contributed by atoms with E-state index in [0.29, 0.717) is 23.5 Å². The quantitative estimate of drug-likeness (QED) is 0.517. The third-order valence-electron chi connectivity index (χ3n) is 3.80. The Labute approximate surface area is 156 Å². The van der Waals surface area contributed by atoms with Crippen LogP contribution in [0.4, 0.5) is 0 Å². The van der Waals surface area contributed by atoms with Gasteiger partial charge in [-0.1, -0.05) is 30.3 Å². The van der Waals surface area contributed by atoms with E-state index in [1.165, 1.54) is 10.8 Å². The Morgan fingerprint density at radius 1 is 1.20 bits per heavy atom. The Hall–Kier alpha value is -2.55. The molecular formula is C18H16LiN3O3. The van der Waals surface area contributed by atoms with Crippen molar-refractivity contribution in [2.75, 3.05) is 0 Å². The molecule has 0 spiro atoms. The van der Waals surface area contributed by atoms with Crippen LogP contribution in [0, 0.1) is 6.92 Å². The molecule has 0 N–H and O–H groups in total. The van der Waals surface area contributed by atoms with Gasteiger partial charge in [-0.3, -0.25) is 4.79 Å². The number of aromatic carboxylic acids is 1. The Kier molecular flexibility index (Phi) is 5.68. The third kappa shape index (κ3) is 3.93. The molecule has 0 atom stereocenters. The Balaban J connectivity index is 0.00000225. The molecule has 0 unspecified atom stereocenters. The number of nitrogens with zero attached hydrogens (tertiary/aromatic N) is 3. The fourth-order valence-corrected chi connectivity index (χ4v) is 2.65. The average Bonchev–Trinajstić information content (AvgIpc) is 2.97. The van der Waals surface area contributed by atoms with Gasteiger partial charge in [0, 0.05) is 37.1 Å². The zero-order valence-corrected chi connectivity index (χ0v) is 14.4. The summed E-state index contributed by atoms with van der Waals surface area (Å²) in [6.45, 7) is 2.19. The van der Waals surface area contributed by atoms with Crippen LogP contribution in [-0.4, -0.2) is 20.1 Å². The minimum absolute atomic E-state index is 0. The van der Waals surface area contributed by atoms with Gasteiger partial charge in [0.1, 0.15) is 11.5 Å². The number of pyridine rings is 1. The molecule has 6 nitrogen and oxygen atoms in total. The van der Waals surface area contributed by atoms with Crippen LogP contribution in [0.2, 0.25) is 0 Å². The van der Waals surface area contributed by atoms with E-state index in [4.69, 9.17) is 0 Å². The summed E-state index contributed by atoms with van der Waals surface area (Å²) in [5, 5.41) is 11.2. The smallest absolute Gasteiger partial charge is 0.543 e. The second-order valence-electron chi connectivity index (χ2n) is 5.68. The van der Waals surface area contributed by atoms with Crippen molar-refractivity contribution in [1.29, 1.82) is 0 Å². The van der Waals surface area contributed by atoms with Crippen molar-refractivity contribution in [1.82, 2.24) is 14.1 Å². The van der Waals surface area contributed by atoms with Crippen LogP contribution in [0.1, 0.15) is 21.6 Å². The van der Waals surface area contributed by atoms with E-state index in [9.17, 15) is 14.7 Å². The first-order valence-electron chi connectivity index (χ1n) is 7.46. The first-order valence-corrected chi connectivity index (χ1v) is 7.46. The maximum absolute atomic E-state index is 11.9. The number of carboxylic acids is 1. The van der Waals surface area contributed by atoms with Crippen molar-refractivity contribution in [2.45, 2.75) is 13.5 Å². The molecule has 0 aliphatic heterocycles. The monoisotopic (exact) mass is 329 g/mol. The van der Waals surface area contributed by atoms with E-state index < -0.39 is 5.97 Å². The summed E-state index contributed by atoms with van der Waals surface area (Å²) in [5.74, 6) is -0.846. The number of rotatable bonds is 4. The molecule has 0 aliphatic carbocycles. The van der Waals surface area contributed by atoms with Gasteiger partial charge in [0.05, 0.1) is 5.97 Å². The molecule has 3 rings (SSSR count). The van der Waals surface area contributed by atoms with E-state index in [0.717, 1.165) is 5.56 Å². The summed E-state index contributed by atoms with van der Waals surface area (Å²) in [6.07, 6.45) is 3.11. The average molecular weight is 329 g/mol. The van der Waals surface area contributed by atoms with Crippen LogP contribution < -0.4 is 29.5 Å². The second-order valence-corrected chi connectivity index (χ2v) is 5.68. The minimum atomic E-state index is -1.33. The molecule has 3 aromatic rings. The van der Waals surface area contributed by atoms with E-state index in [-0.39, 0.29) is 30.1 Å². The number of hydrogen-bond acceptors (Lipinski definition) is 4. The summed E-state index contributed by atoms with van der Waals surface area (Å²) in [6, 6.07) is 11.4. The van der Waals surface area contributed by atoms with Crippen molar-refractivity contribution in [2.24, 2.45) is 7.05 Å². The summed E-state index contributed by atoms with van der Waals surface area (Å²) < 4.78 is 3.21. The summed E-state index contributed by atoms with van der Waals surface area (Å²) in [7, 11) is 1.66. The number of carbonyl (C=O) groups is 1. The van der Waals surface area contributed by atoms with E-state index in [1.54, 1.807) is 30.8 Å². The zero-order valence-electron chi connectivity index (χ0n) is 14.4. The molecule has 0 bridgehead atoms. The first kappa shape index (κ1) is 18.8.